The zero-order valence-corrected chi connectivity index (χ0v) is 11.5. The van der Waals surface area contributed by atoms with Crippen LogP contribution in [0.5, 0.6) is 5.75 Å². The molecular weight excluding hydrogens is 227 g/mol. The summed E-state index contributed by atoms with van der Waals surface area (Å²) in [6.45, 7) is 8.30. The Kier molecular flexibility index (Phi) is 4.43. The van der Waals surface area contributed by atoms with Gasteiger partial charge in [0.05, 0.1) is 0 Å². The average Bonchev–Trinajstić information content (AvgIpc) is 2.22. The maximum atomic E-state index is 5.97. The summed E-state index contributed by atoms with van der Waals surface area (Å²) in [6.07, 6.45) is 0.919. The smallest absolute Gasteiger partial charge is 0.135 e. The molecule has 0 aliphatic rings. The number of halogens is 1. The highest BCUT2D eigenvalue weighted by molar-refractivity contribution is 7.69. The van der Waals surface area contributed by atoms with Crippen LogP contribution in [0, 0.1) is 13.8 Å². The molecule has 1 aromatic rings. The highest BCUT2D eigenvalue weighted by Crippen LogP contribution is 2.40. The van der Waals surface area contributed by atoms with Gasteiger partial charge in [-0.2, -0.15) is 0 Å². The molecule has 0 spiro atoms. The number of aryl methyl sites for hydroxylation is 2. The van der Waals surface area contributed by atoms with Crippen molar-refractivity contribution in [2.45, 2.75) is 39.5 Å². The Morgan fingerprint density at radius 1 is 1.40 bits per heavy atom. The van der Waals surface area contributed by atoms with Crippen LogP contribution >= 0.6 is 19.2 Å². The van der Waals surface area contributed by atoms with E-state index < -0.39 is 0 Å². The second kappa shape index (κ2) is 5.18. The molecule has 1 aromatic carbocycles. The third-order valence-corrected chi connectivity index (χ3v) is 4.59. The number of rotatable bonds is 4. The summed E-state index contributed by atoms with van der Waals surface area (Å²) < 4.78 is 5.97. The predicted octanol–water partition coefficient (Wildman–Crippen LogP) is 4.64. The van der Waals surface area contributed by atoms with Gasteiger partial charge in [-0.15, -0.1) is 0 Å². The third kappa shape index (κ3) is 3.36. The Balaban J connectivity index is 2.89. The average molecular weight is 245 g/mol. The first-order valence-electron chi connectivity index (χ1n) is 5.15. The zero-order chi connectivity index (χ0) is 11.5. The van der Waals surface area contributed by atoms with E-state index in [0.717, 1.165) is 12.2 Å². The minimum Gasteiger partial charge on any atom is -0.482 e. The Labute approximate surface area is 98.7 Å². The molecule has 0 saturated heterocycles. The molecule has 3 heteroatoms. The van der Waals surface area contributed by atoms with Gasteiger partial charge in [-0.1, -0.05) is 35.9 Å². The highest BCUT2D eigenvalue weighted by Gasteiger charge is 2.23. The third-order valence-electron chi connectivity index (χ3n) is 2.54. The molecule has 2 atom stereocenters. The molecule has 0 amide bonds. The van der Waals surface area contributed by atoms with Crippen LogP contribution in [-0.2, 0) is 0 Å². The Morgan fingerprint density at radius 2 is 2.07 bits per heavy atom. The summed E-state index contributed by atoms with van der Waals surface area (Å²) in [5.41, 5.74) is 2.43. The fourth-order valence-corrected chi connectivity index (χ4v) is 2.11. The van der Waals surface area contributed by atoms with Gasteiger partial charge >= 0.3 is 0 Å². The van der Waals surface area contributed by atoms with Crippen LogP contribution in [0.25, 0.3) is 0 Å². The second-order valence-electron chi connectivity index (χ2n) is 4.05. The van der Waals surface area contributed by atoms with Gasteiger partial charge in [-0.05, 0) is 38.8 Å². The van der Waals surface area contributed by atoms with Gasteiger partial charge in [0.15, 0.2) is 0 Å². The summed E-state index contributed by atoms with van der Waals surface area (Å²) >= 11 is 5.95. The van der Waals surface area contributed by atoms with Crippen LogP contribution in [0.15, 0.2) is 18.2 Å². The van der Waals surface area contributed by atoms with E-state index in [9.17, 15) is 0 Å². The Bertz CT molecular complexity index is 334. The second-order valence-corrected chi connectivity index (χ2v) is 5.86. The Hall–Kier alpha value is -0.260. The first-order valence-corrected chi connectivity index (χ1v) is 7.16. The largest absolute Gasteiger partial charge is 0.482 e. The number of hydrogen-bond acceptors (Lipinski definition) is 1. The van der Waals surface area contributed by atoms with Crippen molar-refractivity contribution in [3.8, 4) is 5.75 Å². The van der Waals surface area contributed by atoms with Crippen molar-refractivity contribution in [2.24, 2.45) is 0 Å². The van der Waals surface area contributed by atoms with E-state index in [1.165, 1.54) is 11.1 Å². The molecule has 1 nitrogen and oxygen atoms in total. The van der Waals surface area contributed by atoms with Crippen molar-refractivity contribution in [3.63, 3.8) is 0 Å². The lowest BCUT2D eigenvalue weighted by Gasteiger charge is -2.27. The van der Waals surface area contributed by atoms with Crippen molar-refractivity contribution in [1.82, 2.24) is 0 Å². The normalized spacial score (nSPS) is 15.5. The fraction of sp³-hybridized carbons (Fsp3) is 0.500. The van der Waals surface area contributed by atoms with E-state index in [1.807, 2.05) is 6.07 Å². The number of benzene rings is 1. The van der Waals surface area contributed by atoms with Crippen molar-refractivity contribution in [3.05, 3.63) is 29.3 Å². The number of ether oxygens (including phenoxy) is 1. The van der Waals surface area contributed by atoms with Crippen LogP contribution in [-0.4, -0.2) is 5.34 Å². The lowest BCUT2D eigenvalue weighted by Crippen LogP contribution is -2.24. The molecule has 0 aliphatic heterocycles. The van der Waals surface area contributed by atoms with E-state index in [-0.39, 0.29) is 13.3 Å². The molecule has 0 heterocycles. The molecular formula is C12H18ClOP. The van der Waals surface area contributed by atoms with Crippen LogP contribution in [0.4, 0.5) is 0 Å². The Morgan fingerprint density at radius 3 is 2.53 bits per heavy atom. The maximum Gasteiger partial charge on any atom is 0.135 e. The first kappa shape index (κ1) is 12.8. The summed E-state index contributed by atoms with van der Waals surface area (Å²) in [5.74, 6) is 0.943. The van der Waals surface area contributed by atoms with E-state index in [1.54, 1.807) is 0 Å². The summed E-state index contributed by atoms with van der Waals surface area (Å²) in [7, 11) is 0.271. The molecule has 2 unspecified atom stereocenters. The van der Waals surface area contributed by atoms with E-state index in [4.69, 9.17) is 16.0 Å². The summed E-state index contributed by atoms with van der Waals surface area (Å²) in [4.78, 5) is 0. The topological polar surface area (TPSA) is 9.23 Å². The predicted molar refractivity (Wildman–Crippen MR) is 69.4 cm³/mol. The summed E-state index contributed by atoms with van der Waals surface area (Å²) in [6, 6.07) is 6.22. The number of hydrogen-bond donors (Lipinski definition) is 0. The molecule has 84 valence electrons. The van der Waals surface area contributed by atoms with Gasteiger partial charge in [-0.25, -0.2) is 0 Å². The van der Waals surface area contributed by atoms with Crippen LogP contribution in [0.2, 0.25) is 0 Å². The minimum atomic E-state index is -0.235. The van der Waals surface area contributed by atoms with Gasteiger partial charge in [0.2, 0.25) is 0 Å². The van der Waals surface area contributed by atoms with Crippen molar-refractivity contribution < 1.29 is 4.74 Å². The molecule has 15 heavy (non-hydrogen) atoms. The van der Waals surface area contributed by atoms with Crippen molar-refractivity contribution >= 4 is 19.2 Å². The van der Waals surface area contributed by atoms with Gasteiger partial charge in [0.1, 0.15) is 11.1 Å². The van der Waals surface area contributed by atoms with E-state index in [0.29, 0.717) is 0 Å². The van der Waals surface area contributed by atoms with Gasteiger partial charge in [0, 0.05) is 7.93 Å². The SMILES string of the molecule is CCC(C)(Oc1ccc(C)cc1C)PCl. The molecule has 0 aliphatic carbocycles. The minimum absolute atomic E-state index is 0.235. The fourth-order valence-electron chi connectivity index (χ4n) is 1.31. The molecule has 0 saturated carbocycles. The van der Waals surface area contributed by atoms with Gasteiger partial charge in [0.25, 0.3) is 0 Å². The summed E-state index contributed by atoms with van der Waals surface area (Å²) in [5, 5.41) is -0.235. The van der Waals surface area contributed by atoms with Gasteiger partial charge < -0.3 is 4.74 Å². The first-order chi connectivity index (χ1) is 7.00. The van der Waals surface area contributed by atoms with Crippen LogP contribution < -0.4 is 4.74 Å². The van der Waals surface area contributed by atoms with Crippen LogP contribution in [0.3, 0.4) is 0 Å². The molecule has 0 bridgehead atoms. The van der Waals surface area contributed by atoms with Crippen molar-refractivity contribution in [1.29, 1.82) is 0 Å². The molecule has 0 radical (unpaired) electrons. The van der Waals surface area contributed by atoms with Crippen LogP contribution in [0.1, 0.15) is 31.4 Å². The molecule has 0 aromatic heterocycles. The highest BCUT2D eigenvalue weighted by atomic mass is 35.7. The van der Waals surface area contributed by atoms with Gasteiger partial charge in [-0.3, -0.25) is 0 Å². The monoisotopic (exact) mass is 244 g/mol. The van der Waals surface area contributed by atoms with E-state index >= 15 is 0 Å². The lowest BCUT2D eigenvalue weighted by atomic mass is 10.1. The standard InChI is InChI=1S/C12H18ClOP/c1-5-12(4,15-13)14-11-7-6-9(2)8-10(11)3/h6-8,15H,5H2,1-4H3. The molecule has 0 N–H and O–H groups in total. The lowest BCUT2D eigenvalue weighted by molar-refractivity contribution is 0.178. The van der Waals surface area contributed by atoms with E-state index in [2.05, 4.69) is 39.8 Å². The van der Waals surface area contributed by atoms with Crippen molar-refractivity contribution in [2.75, 3.05) is 0 Å². The zero-order valence-electron chi connectivity index (χ0n) is 9.73. The maximum absolute atomic E-state index is 5.97. The molecule has 0 fully saturated rings. The molecule has 1 rings (SSSR count). The quantitative estimate of drug-likeness (QED) is 0.701.